The minimum Gasteiger partial charge on any atom is -0.452 e. The summed E-state index contributed by atoms with van der Waals surface area (Å²) in [6, 6.07) is 7.13. The van der Waals surface area contributed by atoms with Gasteiger partial charge < -0.3 is 10.1 Å². The molecule has 0 radical (unpaired) electrons. The van der Waals surface area contributed by atoms with Gasteiger partial charge in [0, 0.05) is 18.4 Å². The smallest absolute Gasteiger partial charge is 0.413 e. The van der Waals surface area contributed by atoms with E-state index in [0.717, 1.165) is 5.69 Å². The Morgan fingerprint density at radius 1 is 1.21 bits per heavy atom. The molecule has 0 spiro atoms. The lowest BCUT2D eigenvalue weighted by Gasteiger charge is -2.16. The van der Waals surface area contributed by atoms with Gasteiger partial charge in [0.2, 0.25) is 5.91 Å². The topological polar surface area (TPSA) is 58.6 Å². The quantitative estimate of drug-likeness (QED) is 0.847. The summed E-state index contributed by atoms with van der Waals surface area (Å²) < 4.78 is 4.68. The molecule has 0 bridgehead atoms. The molecule has 5 nitrogen and oxygen atoms in total. The number of amides is 2. The van der Waals surface area contributed by atoms with Crippen molar-refractivity contribution in [2.75, 3.05) is 24.4 Å². The third-order valence-electron chi connectivity index (χ3n) is 4.68. The number of benzene rings is 1. The van der Waals surface area contributed by atoms with Crippen molar-refractivity contribution in [2.45, 2.75) is 27.7 Å². The number of rotatable bonds is 4. The van der Waals surface area contributed by atoms with Gasteiger partial charge in [0.1, 0.15) is 0 Å². The number of anilines is 2. The standard InChI is InChI=1S/C19H26N2O3/c1-12(2)11-15-16(19(15,3)4)17(22)20-13-7-9-14(10-8-13)21(5)18(23)24-6/h7-11,15-16H,1-6H3,(H,20,22)/t15-,16-/m1/s1. The third-order valence-corrected chi connectivity index (χ3v) is 4.68. The Balaban J connectivity index is 2.03. The number of nitrogens with one attached hydrogen (secondary N) is 1. The van der Waals surface area contributed by atoms with Crippen molar-refractivity contribution in [2.24, 2.45) is 17.3 Å². The Labute approximate surface area is 143 Å². The number of hydrogen-bond acceptors (Lipinski definition) is 3. The molecule has 0 saturated heterocycles. The summed E-state index contributed by atoms with van der Waals surface area (Å²) in [5.41, 5.74) is 2.65. The van der Waals surface area contributed by atoms with E-state index in [9.17, 15) is 9.59 Å². The minimum atomic E-state index is -0.434. The second-order valence-electron chi connectivity index (χ2n) is 7.13. The van der Waals surface area contributed by atoms with Crippen molar-refractivity contribution in [1.82, 2.24) is 0 Å². The van der Waals surface area contributed by atoms with Gasteiger partial charge in [-0.05, 0) is 49.4 Å². The van der Waals surface area contributed by atoms with E-state index in [1.165, 1.54) is 17.6 Å². The first-order chi connectivity index (χ1) is 11.2. The molecule has 24 heavy (non-hydrogen) atoms. The van der Waals surface area contributed by atoms with Gasteiger partial charge >= 0.3 is 6.09 Å². The lowest BCUT2D eigenvalue weighted by molar-refractivity contribution is -0.118. The fourth-order valence-electron chi connectivity index (χ4n) is 3.08. The Morgan fingerprint density at radius 2 is 1.79 bits per heavy atom. The van der Waals surface area contributed by atoms with Crippen molar-refractivity contribution in [3.8, 4) is 0 Å². The monoisotopic (exact) mass is 330 g/mol. The highest BCUT2D eigenvalue weighted by molar-refractivity contribution is 5.96. The molecule has 1 N–H and O–H groups in total. The predicted octanol–water partition coefficient (Wildman–Crippen LogP) is 4.07. The van der Waals surface area contributed by atoms with Gasteiger partial charge in [0.15, 0.2) is 0 Å². The zero-order valence-corrected chi connectivity index (χ0v) is 15.2. The summed E-state index contributed by atoms with van der Waals surface area (Å²) in [4.78, 5) is 25.4. The molecular weight excluding hydrogens is 304 g/mol. The summed E-state index contributed by atoms with van der Waals surface area (Å²) in [5, 5.41) is 2.97. The van der Waals surface area contributed by atoms with Gasteiger partial charge in [-0.2, -0.15) is 0 Å². The number of methoxy groups -OCH3 is 1. The maximum atomic E-state index is 12.5. The van der Waals surface area contributed by atoms with Crippen LogP contribution >= 0.6 is 0 Å². The zero-order chi connectivity index (χ0) is 18.1. The summed E-state index contributed by atoms with van der Waals surface area (Å²) in [5.74, 6) is 0.314. The first kappa shape index (κ1) is 18.0. The minimum absolute atomic E-state index is 0.00754. The van der Waals surface area contributed by atoms with Gasteiger partial charge in [-0.3, -0.25) is 9.69 Å². The first-order valence-electron chi connectivity index (χ1n) is 8.06. The van der Waals surface area contributed by atoms with E-state index < -0.39 is 6.09 Å². The van der Waals surface area contributed by atoms with Crippen molar-refractivity contribution >= 4 is 23.4 Å². The average molecular weight is 330 g/mol. The Hall–Kier alpha value is -2.30. The van der Waals surface area contributed by atoms with E-state index in [0.29, 0.717) is 5.69 Å². The summed E-state index contributed by atoms with van der Waals surface area (Å²) in [7, 11) is 2.98. The lowest BCUT2D eigenvalue weighted by atomic mass is 10.1. The van der Waals surface area contributed by atoms with Crippen LogP contribution in [0.15, 0.2) is 35.9 Å². The summed E-state index contributed by atoms with van der Waals surface area (Å²) >= 11 is 0. The van der Waals surface area contributed by atoms with Crippen molar-refractivity contribution in [1.29, 1.82) is 0 Å². The Bertz CT molecular complexity index is 658. The van der Waals surface area contributed by atoms with Crippen LogP contribution in [-0.4, -0.2) is 26.2 Å². The molecular formula is C19H26N2O3. The molecule has 1 aromatic carbocycles. The van der Waals surface area contributed by atoms with Gasteiger partial charge in [0.05, 0.1) is 13.0 Å². The van der Waals surface area contributed by atoms with E-state index in [1.807, 2.05) is 0 Å². The molecule has 0 aliphatic heterocycles. The lowest BCUT2D eigenvalue weighted by Crippen LogP contribution is -2.25. The van der Waals surface area contributed by atoms with E-state index >= 15 is 0 Å². The second kappa shape index (κ2) is 6.67. The van der Waals surface area contributed by atoms with Gasteiger partial charge in [0.25, 0.3) is 0 Å². The van der Waals surface area contributed by atoms with Crippen LogP contribution in [0.5, 0.6) is 0 Å². The SMILES string of the molecule is COC(=O)N(C)c1ccc(NC(=O)[C@H]2[C@@H](C=C(C)C)C2(C)C)cc1. The van der Waals surface area contributed by atoms with E-state index in [-0.39, 0.29) is 23.2 Å². The van der Waals surface area contributed by atoms with E-state index in [4.69, 9.17) is 0 Å². The third kappa shape index (κ3) is 3.61. The van der Waals surface area contributed by atoms with Crippen LogP contribution in [0.4, 0.5) is 16.2 Å². The second-order valence-corrected chi connectivity index (χ2v) is 7.13. The zero-order valence-electron chi connectivity index (χ0n) is 15.2. The molecule has 1 saturated carbocycles. The fourth-order valence-corrected chi connectivity index (χ4v) is 3.08. The van der Waals surface area contributed by atoms with Crippen molar-refractivity contribution < 1.29 is 14.3 Å². The molecule has 1 aromatic rings. The molecule has 2 rings (SSSR count). The van der Waals surface area contributed by atoms with Gasteiger partial charge in [-0.1, -0.05) is 25.5 Å². The number of ether oxygens (including phenoxy) is 1. The highest BCUT2D eigenvalue weighted by atomic mass is 16.5. The molecule has 0 aromatic heterocycles. The highest BCUT2D eigenvalue weighted by Gasteiger charge is 2.60. The Kier molecular flexibility index (Phi) is 5.02. The number of nitrogens with zero attached hydrogens (tertiary/aromatic N) is 1. The summed E-state index contributed by atoms with van der Waals surface area (Å²) in [6.07, 6.45) is 1.75. The normalized spacial score (nSPS) is 20.8. The predicted molar refractivity (Wildman–Crippen MR) is 96.1 cm³/mol. The largest absolute Gasteiger partial charge is 0.452 e. The molecule has 0 heterocycles. The summed E-state index contributed by atoms with van der Waals surface area (Å²) in [6.45, 7) is 8.35. The maximum absolute atomic E-state index is 12.5. The maximum Gasteiger partial charge on any atom is 0.413 e. The van der Waals surface area contributed by atoms with Crippen LogP contribution in [0.1, 0.15) is 27.7 Å². The van der Waals surface area contributed by atoms with Crippen molar-refractivity contribution in [3.63, 3.8) is 0 Å². The average Bonchev–Trinajstić information content (AvgIpc) is 3.06. The number of allylic oxidation sites excluding steroid dienone is 2. The Morgan fingerprint density at radius 3 is 2.29 bits per heavy atom. The van der Waals surface area contributed by atoms with Crippen LogP contribution in [0.2, 0.25) is 0 Å². The molecule has 1 aliphatic rings. The van der Waals surface area contributed by atoms with Gasteiger partial charge in [-0.25, -0.2) is 4.79 Å². The first-order valence-corrected chi connectivity index (χ1v) is 8.06. The van der Waals surface area contributed by atoms with Crippen LogP contribution in [0.3, 0.4) is 0 Å². The van der Waals surface area contributed by atoms with Gasteiger partial charge in [-0.15, -0.1) is 0 Å². The molecule has 130 valence electrons. The molecule has 0 unspecified atom stereocenters. The molecule has 1 aliphatic carbocycles. The number of carbonyl (C=O) groups is 2. The van der Waals surface area contributed by atoms with E-state index in [1.54, 1.807) is 31.3 Å². The van der Waals surface area contributed by atoms with Crippen molar-refractivity contribution in [3.05, 3.63) is 35.9 Å². The number of carbonyl (C=O) groups excluding carboxylic acids is 2. The van der Waals surface area contributed by atoms with Crippen LogP contribution < -0.4 is 10.2 Å². The molecule has 1 fully saturated rings. The van der Waals surface area contributed by atoms with Crippen LogP contribution in [0, 0.1) is 17.3 Å². The molecule has 5 heteroatoms. The number of hydrogen-bond donors (Lipinski definition) is 1. The molecule has 2 atom stereocenters. The fraction of sp³-hybridized carbons (Fsp3) is 0.474. The van der Waals surface area contributed by atoms with Crippen LogP contribution in [0.25, 0.3) is 0 Å². The van der Waals surface area contributed by atoms with Crippen LogP contribution in [-0.2, 0) is 9.53 Å². The van der Waals surface area contributed by atoms with E-state index in [2.05, 4.69) is 43.8 Å². The molecule has 2 amide bonds. The highest BCUT2D eigenvalue weighted by Crippen LogP contribution is 2.59.